The van der Waals surface area contributed by atoms with Crippen LogP contribution in [0.5, 0.6) is 0 Å². The van der Waals surface area contributed by atoms with Crippen molar-refractivity contribution in [3.8, 4) is 0 Å². The van der Waals surface area contributed by atoms with Gasteiger partial charge in [0.15, 0.2) is 0 Å². The number of carbonyl (C=O) groups excluding carboxylic acids is 1. The summed E-state index contributed by atoms with van der Waals surface area (Å²) in [5.41, 5.74) is 0. The third kappa shape index (κ3) is 2.34. The van der Waals surface area contributed by atoms with Gasteiger partial charge in [-0.15, -0.1) is 0 Å². The lowest BCUT2D eigenvalue weighted by Gasteiger charge is -2.29. The number of likely N-dealkylation sites (tertiary alicyclic amines) is 1. The van der Waals surface area contributed by atoms with Crippen LogP contribution < -0.4 is 0 Å². The van der Waals surface area contributed by atoms with Crippen LogP contribution in [0.2, 0.25) is 0 Å². The number of nitrogens with zero attached hydrogens (tertiary/aromatic N) is 1. The summed E-state index contributed by atoms with van der Waals surface area (Å²) in [5.74, 6) is 0.0104. The monoisotopic (exact) mass is 169 g/mol. The quantitative estimate of drug-likeness (QED) is 0.582. The molecule has 1 amide bonds. The summed E-state index contributed by atoms with van der Waals surface area (Å²) in [4.78, 5) is 13.0. The fraction of sp³-hybridized carbons (Fsp3) is 0.667. The van der Waals surface area contributed by atoms with Crippen LogP contribution in [-0.4, -0.2) is 35.1 Å². The zero-order valence-electron chi connectivity index (χ0n) is 7.36. The number of amides is 1. The van der Waals surface area contributed by atoms with E-state index in [4.69, 9.17) is 0 Å². The van der Waals surface area contributed by atoms with Crippen LogP contribution in [0.15, 0.2) is 12.2 Å². The average Bonchev–Trinajstić information content (AvgIpc) is 2.05. The molecule has 1 unspecified atom stereocenters. The maximum Gasteiger partial charge on any atom is 0.246 e. The van der Waals surface area contributed by atoms with E-state index in [0.717, 1.165) is 19.4 Å². The Morgan fingerprint density at radius 3 is 3.00 bits per heavy atom. The Bertz CT molecular complexity index is 189. The molecule has 1 N–H and O–H groups in total. The number of allylic oxidation sites excluding steroid dienone is 1. The van der Waals surface area contributed by atoms with Crippen molar-refractivity contribution in [1.29, 1.82) is 0 Å². The fourth-order valence-electron chi connectivity index (χ4n) is 1.40. The molecule has 1 saturated heterocycles. The van der Waals surface area contributed by atoms with Gasteiger partial charge >= 0.3 is 0 Å². The van der Waals surface area contributed by atoms with Gasteiger partial charge in [-0.2, -0.15) is 0 Å². The van der Waals surface area contributed by atoms with Crippen LogP contribution in [0.25, 0.3) is 0 Å². The smallest absolute Gasteiger partial charge is 0.246 e. The van der Waals surface area contributed by atoms with Crippen LogP contribution in [0, 0.1) is 0 Å². The highest BCUT2D eigenvalue weighted by molar-refractivity contribution is 5.87. The summed E-state index contributed by atoms with van der Waals surface area (Å²) in [5, 5.41) is 9.28. The van der Waals surface area contributed by atoms with E-state index in [1.54, 1.807) is 11.0 Å². The summed E-state index contributed by atoms with van der Waals surface area (Å²) in [7, 11) is 0. The summed E-state index contributed by atoms with van der Waals surface area (Å²) in [6.45, 7) is 3.09. The molecule has 0 aromatic carbocycles. The largest absolute Gasteiger partial charge is 0.391 e. The standard InChI is InChI=1S/C9H15NO2/c1-2-4-9(12)10-6-3-5-8(11)7-10/h2,4,8,11H,3,5-7H2,1H3. The molecule has 1 rings (SSSR count). The van der Waals surface area contributed by atoms with E-state index in [0.29, 0.717) is 6.54 Å². The number of aliphatic hydroxyl groups is 1. The molecule has 12 heavy (non-hydrogen) atoms. The molecule has 0 aliphatic carbocycles. The Balaban J connectivity index is 2.45. The summed E-state index contributed by atoms with van der Waals surface area (Å²) < 4.78 is 0. The molecule has 0 aromatic rings. The number of piperidine rings is 1. The molecule has 0 bridgehead atoms. The van der Waals surface area contributed by atoms with Crippen LogP contribution in [-0.2, 0) is 4.79 Å². The van der Waals surface area contributed by atoms with Gasteiger partial charge in [-0.25, -0.2) is 0 Å². The third-order valence-electron chi connectivity index (χ3n) is 2.02. The number of hydrogen-bond donors (Lipinski definition) is 1. The molecule has 0 radical (unpaired) electrons. The summed E-state index contributed by atoms with van der Waals surface area (Å²) >= 11 is 0. The first kappa shape index (κ1) is 9.26. The maximum atomic E-state index is 11.3. The Hall–Kier alpha value is -0.830. The van der Waals surface area contributed by atoms with Crippen LogP contribution in [0.1, 0.15) is 19.8 Å². The van der Waals surface area contributed by atoms with E-state index in [1.807, 2.05) is 6.92 Å². The molecule has 1 aliphatic rings. The van der Waals surface area contributed by atoms with E-state index < -0.39 is 0 Å². The second-order valence-corrected chi connectivity index (χ2v) is 3.08. The normalized spacial score (nSPS) is 24.8. The van der Waals surface area contributed by atoms with Gasteiger partial charge in [0.2, 0.25) is 5.91 Å². The van der Waals surface area contributed by atoms with E-state index in [2.05, 4.69) is 0 Å². The maximum absolute atomic E-state index is 11.3. The van der Waals surface area contributed by atoms with Crippen molar-refractivity contribution < 1.29 is 9.90 Å². The molecule has 0 aromatic heterocycles. The first-order valence-electron chi connectivity index (χ1n) is 4.33. The molecule has 1 fully saturated rings. The minimum Gasteiger partial charge on any atom is -0.391 e. The number of rotatable bonds is 1. The second-order valence-electron chi connectivity index (χ2n) is 3.08. The third-order valence-corrected chi connectivity index (χ3v) is 2.02. The van der Waals surface area contributed by atoms with Crippen molar-refractivity contribution in [1.82, 2.24) is 4.90 Å². The first-order chi connectivity index (χ1) is 5.74. The summed E-state index contributed by atoms with van der Waals surface area (Å²) in [6, 6.07) is 0. The van der Waals surface area contributed by atoms with Crippen molar-refractivity contribution >= 4 is 5.91 Å². The highest BCUT2D eigenvalue weighted by Gasteiger charge is 2.19. The van der Waals surface area contributed by atoms with Gasteiger partial charge in [-0.05, 0) is 25.8 Å². The van der Waals surface area contributed by atoms with Gasteiger partial charge in [-0.3, -0.25) is 4.79 Å². The molecule has 1 heterocycles. The van der Waals surface area contributed by atoms with Crippen molar-refractivity contribution in [3.63, 3.8) is 0 Å². The highest BCUT2D eigenvalue weighted by Crippen LogP contribution is 2.09. The second kappa shape index (κ2) is 4.26. The van der Waals surface area contributed by atoms with Crippen LogP contribution in [0.3, 0.4) is 0 Å². The number of carbonyl (C=O) groups is 1. The molecule has 1 atom stereocenters. The Morgan fingerprint density at radius 2 is 2.42 bits per heavy atom. The van der Waals surface area contributed by atoms with E-state index in [1.165, 1.54) is 6.08 Å². The highest BCUT2D eigenvalue weighted by atomic mass is 16.3. The summed E-state index contributed by atoms with van der Waals surface area (Å²) in [6.07, 6.45) is 4.67. The van der Waals surface area contributed by atoms with Crippen molar-refractivity contribution in [3.05, 3.63) is 12.2 Å². The molecular formula is C9H15NO2. The van der Waals surface area contributed by atoms with E-state index in [9.17, 15) is 9.90 Å². The van der Waals surface area contributed by atoms with Gasteiger partial charge in [-0.1, -0.05) is 6.08 Å². The molecule has 1 aliphatic heterocycles. The lowest BCUT2D eigenvalue weighted by Crippen LogP contribution is -2.41. The van der Waals surface area contributed by atoms with Crippen LogP contribution in [0.4, 0.5) is 0 Å². The molecular weight excluding hydrogens is 154 g/mol. The topological polar surface area (TPSA) is 40.5 Å². The molecule has 0 spiro atoms. The lowest BCUT2D eigenvalue weighted by molar-refractivity contribution is -0.128. The first-order valence-corrected chi connectivity index (χ1v) is 4.33. The minimum atomic E-state index is -0.326. The van der Waals surface area contributed by atoms with Gasteiger partial charge in [0.05, 0.1) is 6.10 Å². The predicted molar refractivity (Wildman–Crippen MR) is 46.6 cm³/mol. The number of β-amino-alcohol motifs (C(OH)–C–C–N with tert-alkyl or cyclic N) is 1. The number of hydrogen-bond acceptors (Lipinski definition) is 2. The Morgan fingerprint density at radius 1 is 1.67 bits per heavy atom. The van der Waals surface area contributed by atoms with E-state index in [-0.39, 0.29) is 12.0 Å². The fourth-order valence-corrected chi connectivity index (χ4v) is 1.40. The predicted octanol–water partition coefficient (Wildman–Crippen LogP) is 0.546. The van der Waals surface area contributed by atoms with Crippen LogP contribution >= 0.6 is 0 Å². The zero-order chi connectivity index (χ0) is 8.97. The molecule has 3 nitrogen and oxygen atoms in total. The lowest BCUT2D eigenvalue weighted by atomic mass is 10.1. The Labute approximate surface area is 72.7 Å². The SMILES string of the molecule is CC=CC(=O)N1CCCC(O)C1. The van der Waals surface area contributed by atoms with Gasteiger partial charge < -0.3 is 10.0 Å². The van der Waals surface area contributed by atoms with Gasteiger partial charge in [0.25, 0.3) is 0 Å². The van der Waals surface area contributed by atoms with Crippen molar-refractivity contribution in [2.75, 3.05) is 13.1 Å². The van der Waals surface area contributed by atoms with Crippen molar-refractivity contribution in [2.45, 2.75) is 25.9 Å². The molecule has 3 heteroatoms. The zero-order valence-corrected chi connectivity index (χ0v) is 7.36. The molecule has 0 saturated carbocycles. The Kier molecular flexibility index (Phi) is 3.29. The average molecular weight is 169 g/mol. The van der Waals surface area contributed by atoms with Gasteiger partial charge in [0, 0.05) is 13.1 Å². The van der Waals surface area contributed by atoms with E-state index >= 15 is 0 Å². The minimum absolute atomic E-state index is 0.0104. The van der Waals surface area contributed by atoms with Crippen molar-refractivity contribution in [2.24, 2.45) is 0 Å². The van der Waals surface area contributed by atoms with Gasteiger partial charge in [0.1, 0.15) is 0 Å². The molecule has 68 valence electrons. The number of aliphatic hydroxyl groups excluding tert-OH is 1.